The molecule has 0 amide bonds. The number of fused-ring (bicyclic) bond motifs is 1. The minimum atomic E-state index is 0.681. The molecule has 1 unspecified atom stereocenters. The zero-order chi connectivity index (χ0) is 10.8. The average molecular weight is 219 g/mol. The zero-order valence-corrected chi connectivity index (χ0v) is 9.41. The van der Waals surface area contributed by atoms with Gasteiger partial charge in [0.05, 0.1) is 18.9 Å². The molecule has 2 aliphatic heterocycles. The van der Waals surface area contributed by atoms with E-state index in [0.717, 1.165) is 44.3 Å². The van der Waals surface area contributed by atoms with E-state index in [9.17, 15) is 0 Å². The van der Waals surface area contributed by atoms with Gasteiger partial charge in [-0.25, -0.2) is 9.97 Å². The summed E-state index contributed by atoms with van der Waals surface area (Å²) in [6, 6.07) is 0. The summed E-state index contributed by atoms with van der Waals surface area (Å²) in [6.45, 7) is 3.74. The standard InChI is InChI=1S/C12H17N3O/c1-3-13-6-9(1)5-12-14-7-10-8-16-4-2-11(10)15-12/h7,9,13H,1-6,8H2. The number of aromatic nitrogens is 2. The van der Waals surface area contributed by atoms with Crippen LogP contribution < -0.4 is 5.32 Å². The van der Waals surface area contributed by atoms with Crippen molar-refractivity contribution in [2.24, 2.45) is 5.92 Å². The summed E-state index contributed by atoms with van der Waals surface area (Å²) in [4.78, 5) is 9.09. The average Bonchev–Trinajstić information content (AvgIpc) is 2.82. The Kier molecular flexibility index (Phi) is 2.84. The van der Waals surface area contributed by atoms with Crippen LogP contribution in [0, 0.1) is 5.92 Å². The summed E-state index contributed by atoms with van der Waals surface area (Å²) >= 11 is 0. The maximum atomic E-state index is 5.38. The van der Waals surface area contributed by atoms with Gasteiger partial charge in [-0.1, -0.05) is 0 Å². The Balaban J connectivity index is 1.74. The first kappa shape index (κ1) is 10.2. The van der Waals surface area contributed by atoms with Crippen molar-refractivity contribution in [2.75, 3.05) is 19.7 Å². The summed E-state index contributed by atoms with van der Waals surface area (Å²) in [7, 11) is 0. The van der Waals surface area contributed by atoms with Gasteiger partial charge in [-0.2, -0.15) is 0 Å². The van der Waals surface area contributed by atoms with Crippen LogP contribution in [0.2, 0.25) is 0 Å². The molecule has 0 spiro atoms. The van der Waals surface area contributed by atoms with Crippen molar-refractivity contribution in [3.05, 3.63) is 23.3 Å². The second kappa shape index (κ2) is 4.47. The van der Waals surface area contributed by atoms with Crippen molar-refractivity contribution in [1.82, 2.24) is 15.3 Å². The van der Waals surface area contributed by atoms with Gasteiger partial charge in [-0.3, -0.25) is 0 Å². The molecule has 0 saturated carbocycles. The topological polar surface area (TPSA) is 47.0 Å². The largest absolute Gasteiger partial charge is 0.376 e. The van der Waals surface area contributed by atoms with Gasteiger partial charge in [0, 0.05) is 24.6 Å². The summed E-state index contributed by atoms with van der Waals surface area (Å²) in [5.74, 6) is 1.73. The lowest BCUT2D eigenvalue weighted by atomic mass is 10.0. The van der Waals surface area contributed by atoms with E-state index in [0.29, 0.717) is 6.61 Å². The highest BCUT2D eigenvalue weighted by molar-refractivity contribution is 5.19. The molecule has 0 aliphatic carbocycles. The highest BCUT2D eigenvalue weighted by Gasteiger charge is 2.18. The van der Waals surface area contributed by atoms with Gasteiger partial charge in [-0.05, 0) is 25.4 Å². The number of nitrogens with one attached hydrogen (secondary N) is 1. The molecule has 1 saturated heterocycles. The lowest BCUT2D eigenvalue weighted by molar-refractivity contribution is 0.108. The van der Waals surface area contributed by atoms with Crippen LogP contribution in [0.3, 0.4) is 0 Å². The van der Waals surface area contributed by atoms with Gasteiger partial charge < -0.3 is 10.1 Å². The Labute approximate surface area is 95.4 Å². The summed E-state index contributed by atoms with van der Waals surface area (Å²) in [5.41, 5.74) is 2.36. The Morgan fingerprint density at radius 3 is 3.38 bits per heavy atom. The molecule has 3 heterocycles. The van der Waals surface area contributed by atoms with E-state index < -0.39 is 0 Å². The monoisotopic (exact) mass is 219 g/mol. The van der Waals surface area contributed by atoms with E-state index in [2.05, 4.69) is 15.3 Å². The molecule has 86 valence electrons. The molecule has 4 nitrogen and oxygen atoms in total. The van der Waals surface area contributed by atoms with Crippen LogP contribution in [-0.2, 0) is 24.2 Å². The molecule has 3 rings (SSSR count). The fraction of sp³-hybridized carbons (Fsp3) is 0.667. The Morgan fingerprint density at radius 2 is 2.50 bits per heavy atom. The summed E-state index contributed by atoms with van der Waals surface area (Å²) in [5, 5.41) is 3.38. The second-order valence-electron chi connectivity index (χ2n) is 4.62. The first-order valence-electron chi connectivity index (χ1n) is 6.04. The fourth-order valence-corrected chi connectivity index (χ4v) is 2.42. The van der Waals surface area contributed by atoms with Crippen LogP contribution in [0.15, 0.2) is 6.20 Å². The van der Waals surface area contributed by atoms with Crippen molar-refractivity contribution >= 4 is 0 Å². The first-order chi connectivity index (χ1) is 7.92. The molecular weight excluding hydrogens is 202 g/mol. The molecule has 1 N–H and O–H groups in total. The van der Waals surface area contributed by atoms with Crippen LogP contribution >= 0.6 is 0 Å². The number of nitrogens with zero attached hydrogens (tertiary/aromatic N) is 2. The fourth-order valence-electron chi connectivity index (χ4n) is 2.42. The van der Waals surface area contributed by atoms with E-state index in [1.54, 1.807) is 0 Å². The molecule has 1 atom stereocenters. The third-order valence-electron chi connectivity index (χ3n) is 3.38. The van der Waals surface area contributed by atoms with Crippen molar-refractivity contribution in [2.45, 2.75) is 25.9 Å². The highest BCUT2D eigenvalue weighted by atomic mass is 16.5. The lowest BCUT2D eigenvalue weighted by Gasteiger charge is -2.16. The molecule has 1 aromatic heterocycles. The van der Waals surface area contributed by atoms with Crippen molar-refractivity contribution in [3.8, 4) is 0 Å². The third-order valence-corrected chi connectivity index (χ3v) is 3.38. The van der Waals surface area contributed by atoms with Gasteiger partial charge in [0.15, 0.2) is 0 Å². The molecule has 1 fully saturated rings. The van der Waals surface area contributed by atoms with Gasteiger partial charge in [0.2, 0.25) is 0 Å². The Hall–Kier alpha value is -1.00. The maximum Gasteiger partial charge on any atom is 0.128 e. The normalized spacial score (nSPS) is 24.4. The highest BCUT2D eigenvalue weighted by Crippen LogP contribution is 2.16. The molecule has 4 heteroatoms. The molecule has 2 aliphatic rings. The first-order valence-corrected chi connectivity index (χ1v) is 6.04. The van der Waals surface area contributed by atoms with Crippen molar-refractivity contribution < 1.29 is 4.74 Å². The van der Waals surface area contributed by atoms with E-state index >= 15 is 0 Å². The van der Waals surface area contributed by atoms with E-state index in [1.165, 1.54) is 17.7 Å². The molecule has 0 aromatic carbocycles. The van der Waals surface area contributed by atoms with Crippen molar-refractivity contribution in [1.29, 1.82) is 0 Å². The van der Waals surface area contributed by atoms with Gasteiger partial charge >= 0.3 is 0 Å². The molecule has 0 radical (unpaired) electrons. The number of hydrogen-bond donors (Lipinski definition) is 1. The second-order valence-corrected chi connectivity index (χ2v) is 4.62. The Bertz CT molecular complexity index is 375. The quantitative estimate of drug-likeness (QED) is 0.795. The van der Waals surface area contributed by atoms with Crippen LogP contribution in [0.1, 0.15) is 23.5 Å². The summed E-state index contributed by atoms with van der Waals surface area (Å²) in [6.07, 6.45) is 5.15. The van der Waals surface area contributed by atoms with Crippen LogP contribution in [0.4, 0.5) is 0 Å². The lowest BCUT2D eigenvalue weighted by Crippen LogP contribution is -2.16. The van der Waals surface area contributed by atoms with Crippen molar-refractivity contribution in [3.63, 3.8) is 0 Å². The van der Waals surface area contributed by atoms with Gasteiger partial charge in [0.25, 0.3) is 0 Å². The predicted molar refractivity (Wildman–Crippen MR) is 60.1 cm³/mol. The van der Waals surface area contributed by atoms with E-state index in [1.807, 2.05) is 6.20 Å². The number of ether oxygens (including phenoxy) is 1. The molecule has 16 heavy (non-hydrogen) atoms. The minimum absolute atomic E-state index is 0.681. The Morgan fingerprint density at radius 1 is 1.50 bits per heavy atom. The molecule has 0 bridgehead atoms. The number of hydrogen-bond acceptors (Lipinski definition) is 4. The van der Waals surface area contributed by atoms with Gasteiger partial charge in [0.1, 0.15) is 5.82 Å². The van der Waals surface area contributed by atoms with E-state index in [-0.39, 0.29) is 0 Å². The van der Waals surface area contributed by atoms with Gasteiger partial charge in [-0.15, -0.1) is 0 Å². The number of rotatable bonds is 2. The molecular formula is C12H17N3O. The summed E-state index contributed by atoms with van der Waals surface area (Å²) < 4.78 is 5.38. The minimum Gasteiger partial charge on any atom is -0.376 e. The maximum absolute atomic E-state index is 5.38. The van der Waals surface area contributed by atoms with Crippen LogP contribution in [0.25, 0.3) is 0 Å². The molecule has 1 aromatic rings. The third kappa shape index (κ3) is 2.08. The smallest absolute Gasteiger partial charge is 0.128 e. The van der Waals surface area contributed by atoms with Crippen LogP contribution in [0.5, 0.6) is 0 Å². The van der Waals surface area contributed by atoms with E-state index in [4.69, 9.17) is 4.74 Å². The van der Waals surface area contributed by atoms with Crippen LogP contribution in [-0.4, -0.2) is 29.7 Å². The predicted octanol–water partition coefficient (Wildman–Crippen LogP) is 0.701. The SMILES string of the molecule is c1nc(CC2CCNC2)nc2c1COCC2. The zero-order valence-electron chi connectivity index (χ0n) is 9.41.